The van der Waals surface area contributed by atoms with E-state index in [-0.39, 0.29) is 5.92 Å². The summed E-state index contributed by atoms with van der Waals surface area (Å²) in [5.74, 6) is -3.01. The Balaban J connectivity index is 2.98. The third kappa shape index (κ3) is 2.26. The molecule has 1 aliphatic carbocycles. The van der Waals surface area contributed by atoms with Gasteiger partial charge in [0.2, 0.25) is 0 Å². The van der Waals surface area contributed by atoms with Crippen LogP contribution < -0.4 is 0 Å². The van der Waals surface area contributed by atoms with E-state index < -0.39 is 17.5 Å². The van der Waals surface area contributed by atoms with Crippen LogP contribution in [0.4, 0.5) is 13.2 Å². The fourth-order valence-corrected chi connectivity index (χ4v) is 0.945. The van der Waals surface area contributed by atoms with Gasteiger partial charge in [0.25, 0.3) is 0 Å². The lowest BCUT2D eigenvalue weighted by atomic mass is 10.0. The van der Waals surface area contributed by atoms with E-state index in [1.165, 1.54) is 6.08 Å². The summed E-state index contributed by atoms with van der Waals surface area (Å²) >= 11 is 0. The Morgan fingerprint density at radius 1 is 1.25 bits per heavy atom. The number of hydrogen-bond donors (Lipinski definition) is 0. The van der Waals surface area contributed by atoms with Crippen molar-refractivity contribution in [2.24, 2.45) is 5.92 Å². The minimum Gasteiger partial charge on any atom is -0.207 e. The van der Waals surface area contributed by atoms with Gasteiger partial charge in [0.1, 0.15) is 5.83 Å². The van der Waals surface area contributed by atoms with Crippen LogP contribution >= 0.6 is 0 Å². The molecule has 0 bridgehead atoms. The molecule has 3 heteroatoms. The Hall–Kier alpha value is -0.990. The van der Waals surface area contributed by atoms with Crippen LogP contribution in [0.2, 0.25) is 0 Å². The van der Waals surface area contributed by atoms with E-state index in [1.807, 2.05) is 0 Å². The van der Waals surface area contributed by atoms with Crippen molar-refractivity contribution in [2.45, 2.75) is 13.3 Å². The zero-order valence-corrected chi connectivity index (χ0v) is 6.65. The topological polar surface area (TPSA) is 0 Å². The van der Waals surface area contributed by atoms with Gasteiger partial charge in [0.15, 0.2) is 11.7 Å². The third-order valence-electron chi connectivity index (χ3n) is 1.61. The van der Waals surface area contributed by atoms with Gasteiger partial charge in [0, 0.05) is 6.08 Å². The van der Waals surface area contributed by atoms with Crippen molar-refractivity contribution < 1.29 is 13.2 Å². The Morgan fingerprint density at radius 3 is 2.58 bits per heavy atom. The molecule has 0 nitrogen and oxygen atoms in total. The maximum atomic E-state index is 12.7. The van der Waals surface area contributed by atoms with Crippen molar-refractivity contribution in [3.63, 3.8) is 0 Å². The third-order valence-corrected chi connectivity index (χ3v) is 1.61. The molecule has 0 aromatic heterocycles. The van der Waals surface area contributed by atoms with Crippen molar-refractivity contribution in [3.8, 4) is 0 Å². The molecule has 0 aromatic rings. The van der Waals surface area contributed by atoms with E-state index in [4.69, 9.17) is 0 Å². The van der Waals surface area contributed by atoms with Gasteiger partial charge in [-0.05, 0) is 24.5 Å². The Kier molecular flexibility index (Phi) is 2.74. The molecule has 1 unspecified atom stereocenters. The first-order chi connectivity index (χ1) is 5.59. The van der Waals surface area contributed by atoms with E-state index in [2.05, 4.69) is 0 Å². The molecular weight excluding hydrogens is 165 g/mol. The van der Waals surface area contributed by atoms with E-state index in [0.29, 0.717) is 12.5 Å². The summed E-state index contributed by atoms with van der Waals surface area (Å²) < 4.78 is 37.8. The zero-order valence-electron chi connectivity index (χ0n) is 6.65. The van der Waals surface area contributed by atoms with Crippen molar-refractivity contribution >= 4 is 0 Å². The summed E-state index contributed by atoms with van der Waals surface area (Å²) in [7, 11) is 0. The molecule has 0 radical (unpaired) electrons. The Bertz CT molecular complexity index is 261. The number of allylic oxidation sites excluding steroid dienone is 6. The fourth-order valence-electron chi connectivity index (χ4n) is 0.945. The van der Waals surface area contributed by atoms with Gasteiger partial charge in [0.05, 0.1) is 0 Å². The molecule has 1 rings (SSSR count). The quantitative estimate of drug-likeness (QED) is 0.526. The SMILES string of the molecule is CC1\C=C(F)/C(F)=C\C(F)=C\C1. The number of rotatable bonds is 0. The maximum absolute atomic E-state index is 12.7. The molecule has 66 valence electrons. The van der Waals surface area contributed by atoms with Crippen LogP contribution in [0.15, 0.2) is 35.7 Å². The lowest BCUT2D eigenvalue weighted by molar-refractivity contribution is 0.520. The highest BCUT2D eigenvalue weighted by Crippen LogP contribution is 2.23. The standard InChI is InChI=1S/C9H9F3/c1-6-2-3-7(10)5-9(12)8(11)4-6/h3-6H,2H2,1H3/b7-3-,8-4+,9-5+. The van der Waals surface area contributed by atoms with Gasteiger partial charge in [-0.15, -0.1) is 0 Å². The smallest absolute Gasteiger partial charge is 0.161 e. The molecule has 0 N–H and O–H groups in total. The second kappa shape index (κ2) is 3.61. The lowest BCUT2D eigenvalue weighted by Crippen LogP contribution is -1.92. The Morgan fingerprint density at radius 2 is 1.92 bits per heavy atom. The van der Waals surface area contributed by atoms with Crippen LogP contribution in [0, 0.1) is 5.92 Å². The predicted molar refractivity (Wildman–Crippen MR) is 41.4 cm³/mol. The average molecular weight is 174 g/mol. The first-order valence-electron chi connectivity index (χ1n) is 3.70. The monoisotopic (exact) mass is 174 g/mol. The molecule has 0 spiro atoms. The molecule has 0 fully saturated rings. The highest BCUT2D eigenvalue weighted by Gasteiger charge is 2.09. The zero-order chi connectivity index (χ0) is 9.14. The average Bonchev–Trinajstić information content (AvgIpc) is 1.99. The largest absolute Gasteiger partial charge is 0.207 e. The van der Waals surface area contributed by atoms with Crippen LogP contribution in [0.25, 0.3) is 0 Å². The summed E-state index contributed by atoms with van der Waals surface area (Å²) in [6.07, 6.45) is 3.34. The minimum atomic E-state index is -1.14. The molecule has 1 aliphatic rings. The van der Waals surface area contributed by atoms with Crippen molar-refractivity contribution in [1.29, 1.82) is 0 Å². The van der Waals surface area contributed by atoms with Gasteiger partial charge in [-0.2, -0.15) is 0 Å². The summed E-state index contributed by atoms with van der Waals surface area (Å²) in [4.78, 5) is 0. The van der Waals surface area contributed by atoms with Crippen LogP contribution in [-0.2, 0) is 0 Å². The van der Waals surface area contributed by atoms with Gasteiger partial charge in [-0.3, -0.25) is 0 Å². The molecular formula is C9H9F3. The van der Waals surface area contributed by atoms with Crippen LogP contribution in [0.1, 0.15) is 13.3 Å². The van der Waals surface area contributed by atoms with Crippen molar-refractivity contribution in [1.82, 2.24) is 0 Å². The molecule has 0 aromatic carbocycles. The first kappa shape index (κ1) is 9.10. The second-order valence-electron chi connectivity index (χ2n) is 2.81. The predicted octanol–water partition coefficient (Wildman–Crippen LogP) is 3.59. The van der Waals surface area contributed by atoms with Crippen LogP contribution in [-0.4, -0.2) is 0 Å². The summed E-state index contributed by atoms with van der Waals surface area (Å²) in [6, 6.07) is 0. The van der Waals surface area contributed by atoms with E-state index in [0.717, 1.165) is 6.08 Å². The van der Waals surface area contributed by atoms with Crippen molar-refractivity contribution in [2.75, 3.05) is 0 Å². The van der Waals surface area contributed by atoms with E-state index in [1.54, 1.807) is 6.92 Å². The van der Waals surface area contributed by atoms with Gasteiger partial charge in [-0.1, -0.05) is 6.92 Å². The van der Waals surface area contributed by atoms with Gasteiger partial charge in [-0.25, -0.2) is 13.2 Å². The second-order valence-corrected chi connectivity index (χ2v) is 2.81. The first-order valence-corrected chi connectivity index (χ1v) is 3.70. The molecule has 0 saturated carbocycles. The van der Waals surface area contributed by atoms with E-state index in [9.17, 15) is 13.2 Å². The molecule has 1 atom stereocenters. The molecule has 0 amide bonds. The summed E-state index contributed by atoms with van der Waals surface area (Å²) in [5, 5.41) is 0. The number of halogens is 3. The maximum Gasteiger partial charge on any atom is 0.161 e. The number of hydrogen-bond acceptors (Lipinski definition) is 0. The van der Waals surface area contributed by atoms with Crippen LogP contribution in [0.3, 0.4) is 0 Å². The summed E-state index contributed by atoms with van der Waals surface area (Å²) in [6.45, 7) is 1.70. The molecule has 0 saturated heterocycles. The fraction of sp³-hybridized carbons (Fsp3) is 0.333. The van der Waals surface area contributed by atoms with E-state index >= 15 is 0 Å². The molecule has 0 aliphatic heterocycles. The van der Waals surface area contributed by atoms with Gasteiger partial charge >= 0.3 is 0 Å². The van der Waals surface area contributed by atoms with Crippen LogP contribution in [0.5, 0.6) is 0 Å². The minimum absolute atomic E-state index is 0.171. The van der Waals surface area contributed by atoms with Gasteiger partial charge < -0.3 is 0 Å². The van der Waals surface area contributed by atoms with Crippen molar-refractivity contribution in [3.05, 3.63) is 35.7 Å². The molecule has 12 heavy (non-hydrogen) atoms. The highest BCUT2D eigenvalue weighted by molar-refractivity contribution is 5.28. The normalized spacial score (nSPS) is 38.0. The highest BCUT2D eigenvalue weighted by atomic mass is 19.2. The molecule has 0 heterocycles. The lowest BCUT2D eigenvalue weighted by Gasteiger charge is -2.05. The Labute approximate surface area is 69.1 Å². The summed E-state index contributed by atoms with van der Waals surface area (Å²) in [5.41, 5.74) is 0.